The van der Waals surface area contributed by atoms with Gasteiger partial charge >= 0.3 is 0 Å². The van der Waals surface area contributed by atoms with Crippen LogP contribution in [0.2, 0.25) is 0 Å². The van der Waals surface area contributed by atoms with Crippen molar-refractivity contribution in [1.29, 1.82) is 0 Å². The molecule has 0 aliphatic rings. The number of hydrogen-bond acceptors (Lipinski definition) is 4. The summed E-state index contributed by atoms with van der Waals surface area (Å²) in [4.78, 5) is 23.1. The lowest BCUT2D eigenvalue weighted by Gasteiger charge is -2.14. The number of benzene rings is 4. The third-order valence-electron chi connectivity index (χ3n) is 6.64. The normalized spacial score (nSPS) is 10.9. The molecule has 6 nitrogen and oxygen atoms in total. The molecule has 0 heterocycles. The second kappa shape index (κ2) is 15.6. The van der Waals surface area contributed by atoms with Gasteiger partial charge in [-0.2, -0.15) is 0 Å². The van der Waals surface area contributed by atoms with Crippen molar-refractivity contribution < 1.29 is 19.1 Å². The number of carbonyl (C=O) groups excluding carboxylic acids is 2. The summed E-state index contributed by atoms with van der Waals surface area (Å²) in [5.41, 5.74) is 2.35. The zero-order chi connectivity index (χ0) is 28.2. The Hall–Kier alpha value is -3.10. The predicted octanol–water partition coefficient (Wildman–Crippen LogP) is 6.34. The lowest BCUT2D eigenvalue weighted by molar-refractivity contribution is -0.119. The number of rotatable bonds is 15. The molecule has 0 saturated heterocycles. The van der Waals surface area contributed by atoms with Gasteiger partial charge in [-0.15, -0.1) is 0 Å². The number of alkyl halides is 2. The molecule has 0 aliphatic carbocycles. The molecule has 2 amide bonds. The fraction of sp³-hybridized carbons (Fsp3) is 0.312. The Balaban J connectivity index is 1.28. The van der Waals surface area contributed by atoms with E-state index in [1.807, 2.05) is 30.3 Å². The molecule has 0 fully saturated rings. The molecule has 210 valence electrons. The van der Waals surface area contributed by atoms with E-state index in [2.05, 4.69) is 85.0 Å². The van der Waals surface area contributed by atoms with Crippen molar-refractivity contribution in [2.45, 2.75) is 25.7 Å². The molecule has 0 bridgehead atoms. The van der Waals surface area contributed by atoms with E-state index < -0.39 is 0 Å². The molecule has 0 radical (unpaired) electrons. The smallest absolute Gasteiger partial charge is 0.230 e. The topological polar surface area (TPSA) is 76.7 Å². The molecule has 0 unspecified atom stereocenters. The number of amides is 2. The van der Waals surface area contributed by atoms with Gasteiger partial charge in [0, 0.05) is 18.5 Å². The first-order valence-corrected chi connectivity index (χ1v) is 15.8. The molecule has 4 aromatic carbocycles. The second-order valence-electron chi connectivity index (χ2n) is 9.44. The summed E-state index contributed by atoms with van der Waals surface area (Å²) in [6.07, 6.45) is 3.24. The number of ether oxygens (including phenoxy) is 2. The molecular weight excluding hydrogens is 636 g/mol. The molecule has 0 aliphatic heterocycles. The van der Waals surface area contributed by atoms with Gasteiger partial charge < -0.3 is 20.1 Å². The van der Waals surface area contributed by atoms with Gasteiger partial charge in [0.25, 0.3) is 0 Å². The van der Waals surface area contributed by atoms with Gasteiger partial charge in [-0.05, 0) is 71.2 Å². The Morgan fingerprint density at radius 2 is 1.27 bits per heavy atom. The first-order chi connectivity index (χ1) is 19.6. The Morgan fingerprint density at radius 3 is 1.98 bits per heavy atom. The quantitative estimate of drug-likeness (QED) is 0.114. The first-order valence-electron chi connectivity index (χ1n) is 13.5. The van der Waals surface area contributed by atoms with Crippen molar-refractivity contribution in [3.63, 3.8) is 0 Å². The summed E-state index contributed by atoms with van der Waals surface area (Å²) in [6, 6.07) is 24.8. The molecule has 0 saturated carbocycles. The van der Waals surface area contributed by atoms with Crippen LogP contribution in [0.5, 0.6) is 11.5 Å². The average molecular weight is 670 g/mol. The van der Waals surface area contributed by atoms with Crippen LogP contribution in [0.25, 0.3) is 21.5 Å². The van der Waals surface area contributed by atoms with Crippen molar-refractivity contribution >= 4 is 65.2 Å². The van der Waals surface area contributed by atoms with Gasteiger partial charge in [-0.3, -0.25) is 9.59 Å². The minimum Gasteiger partial charge on any atom is -0.494 e. The van der Waals surface area contributed by atoms with E-state index in [4.69, 9.17) is 9.47 Å². The van der Waals surface area contributed by atoms with E-state index in [0.29, 0.717) is 37.0 Å². The van der Waals surface area contributed by atoms with E-state index in [9.17, 15) is 9.59 Å². The maximum Gasteiger partial charge on any atom is 0.230 e. The largest absolute Gasteiger partial charge is 0.494 e. The third-order valence-corrected chi connectivity index (χ3v) is 7.66. The minimum atomic E-state index is -0.0149. The van der Waals surface area contributed by atoms with E-state index in [1.54, 1.807) is 0 Å². The Bertz CT molecular complexity index is 1440. The number of hydrogen-bond donors (Lipinski definition) is 2. The third kappa shape index (κ3) is 8.45. The maximum atomic E-state index is 11.6. The highest BCUT2D eigenvalue weighted by Gasteiger charge is 2.09. The highest BCUT2D eigenvalue weighted by Crippen LogP contribution is 2.30. The van der Waals surface area contributed by atoms with Gasteiger partial charge in [-0.25, -0.2) is 0 Å². The number of unbranched alkanes of at least 4 members (excludes halogenated alkanes) is 1. The van der Waals surface area contributed by atoms with Gasteiger partial charge in [-0.1, -0.05) is 86.5 Å². The number of halogens is 2. The van der Waals surface area contributed by atoms with E-state index in [-0.39, 0.29) is 11.8 Å². The molecule has 0 aromatic heterocycles. The van der Waals surface area contributed by atoms with Crippen LogP contribution in [-0.4, -0.2) is 48.8 Å². The second-order valence-corrected chi connectivity index (χ2v) is 10.6. The van der Waals surface area contributed by atoms with Crippen LogP contribution in [0.15, 0.2) is 72.8 Å². The highest BCUT2D eigenvalue weighted by molar-refractivity contribution is 9.09. The molecule has 0 atom stereocenters. The summed E-state index contributed by atoms with van der Waals surface area (Å²) in [5.74, 6) is 1.69. The van der Waals surface area contributed by atoms with Crippen LogP contribution in [0.3, 0.4) is 0 Å². The lowest BCUT2D eigenvalue weighted by Crippen LogP contribution is -2.26. The molecule has 4 aromatic rings. The fourth-order valence-corrected chi connectivity index (χ4v) is 5.08. The van der Waals surface area contributed by atoms with Gasteiger partial charge in [0.05, 0.1) is 23.9 Å². The van der Waals surface area contributed by atoms with Crippen LogP contribution in [0.4, 0.5) is 0 Å². The van der Waals surface area contributed by atoms with Crippen molar-refractivity contribution in [2.24, 2.45) is 0 Å². The van der Waals surface area contributed by atoms with Crippen molar-refractivity contribution in [3.8, 4) is 11.5 Å². The van der Waals surface area contributed by atoms with Gasteiger partial charge in [0.1, 0.15) is 11.5 Å². The van der Waals surface area contributed by atoms with Crippen LogP contribution < -0.4 is 20.1 Å². The first kappa shape index (κ1) is 29.9. The predicted molar refractivity (Wildman–Crippen MR) is 169 cm³/mol. The molecule has 0 spiro atoms. The van der Waals surface area contributed by atoms with E-state index in [1.165, 1.54) is 5.56 Å². The number of carbonyl (C=O) groups is 2. The van der Waals surface area contributed by atoms with Crippen LogP contribution in [0, 0.1) is 0 Å². The monoisotopic (exact) mass is 668 g/mol. The molecule has 40 heavy (non-hydrogen) atoms. The van der Waals surface area contributed by atoms with Crippen LogP contribution in [-0.2, 0) is 22.4 Å². The zero-order valence-corrected chi connectivity index (χ0v) is 25.6. The summed E-state index contributed by atoms with van der Waals surface area (Å²) in [5, 5.41) is 11.0. The SMILES string of the molecule is O=C(CBr)NCCc1cccc2ccc(OCCCCOc3cccc4cccc(CCNC(=O)CBr)c34)cc12. The van der Waals surface area contributed by atoms with Gasteiger partial charge in [0.15, 0.2) is 0 Å². The summed E-state index contributed by atoms with van der Waals surface area (Å²) in [7, 11) is 0. The highest BCUT2D eigenvalue weighted by atomic mass is 79.9. The molecule has 4 rings (SSSR count). The molecule has 2 N–H and O–H groups in total. The van der Waals surface area contributed by atoms with Crippen LogP contribution in [0.1, 0.15) is 24.0 Å². The maximum absolute atomic E-state index is 11.6. The Labute approximate surface area is 252 Å². The Kier molecular flexibility index (Phi) is 11.7. The van der Waals surface area contributed by atoms with Gasteiger partial charge in [0.2, 0.25) is 11.8 Å². The summed E-state index contributed by atoms with van der Waals surface area (Å²) < 4.78 is 12.3. The van der Waals surface area contributed by atoms with E-state index >= 15 is 0 Å². The van der Waals surface area contributed by atoms with Crippen molar-refractivity contribution in [1.82, 2.24) is 10.6 Å². The number of nitrogens with one attached hydrogen (secondary N) is 2. The van der Waals surface area contributed by atoms with Crippen molar-refractivity contribution in [3.05, 3.63) is 83.9 Å². The number of fused-ring (bicyclic) bond motifs is 2. The molecule has 8 heteroatoms. The van der Waals surface area contributed by atoms with Crippen LogP contribution >= 0.6 is 31.9 Å². The lowest BCUT2D eigenvalue weighted by atomic mass is 10.0. The minimum absolute atomic E-state index is 0.00926. The van der Waals surface area contributed by atoms with E-state index in [0.717, 1.165) is 64.3 Å². The van der Waals surface area contributed by atoms with Crippen molar-refractivity contribution in [2.75, 3.05) is 37.0 Å². The average Bonchev–Trinajstić information content (AvgIpc) is 2.98. The fourth-order valence-electron chi connectivity index (χ4n) is 4.68. The molecular formula is C32H34Br2N2O4. The summed E-state index contributed by atoms with van der Waals surface area (Å²) in [6.45, 7) is 2.38. The summed E-state index contributed by atoms with van der Waals surface area (Å²) >= 11 is 6.36. The standard InChI is InChI=1S/C32H34Br2N2O4/c33-21-30(37)35-16-14-24-7-3-6-23-12-13-27(20-28(23)24)39-18-1-2-19-40-29-11-5-10-25-8-4-9-26(32(25)29)15-17-36-31(38)22-34/h3-13,20H,1-2,14-19,21-22H2,(H,35,37)(H,36,38). The Morgan fingerprint density at radius 1 is 0.675 bits per heavy atom. The zero-order valence-electron chi connectivity index (χ0n) is 22.4.